The molecule has 0 radical (unpaired) electrons. The first-order chi connectivity index (χ1) is 17.3. The quantitative estimate of drug-likeness (QED) is 0.239. The number of benzene rings is 5. The number of aromatic nitrogens is 1. The minimum absolute atomic E-state index is 0.0595. The molecule has 0 N–H and O–H groups in total. The van der Waals surface area contributed by atoms with Gasteiger partial charge in [0.1, 0.15) is 11.2 Å². The molecule has 8 rings (SSSR count). The van der Waals surface area contributed by atoms with Crippen molar-refractivity contribution in [2.45, 2.75) is 0 Å². The van der Waals surface area contributed by atoms with Crippen LogP contribution in [0.3, 0.4) is 0 Å². The summed E-state index contributed by atoms with van der Waals surface area (Å²) in [6.07, 6.45) is 0. The van der Waals surface area contributed by atoms with E-state index >= 15 is 0 Å². The van der Waals surface area contributed by atoms with E-state index in [1.54, 1.807) is 0 Å². The van der Waals surface area contributed by atoms with Crippen molar-refractivity contribution in [3.8, 4) is 5.69 Å². The number of para-hydroxylation sites is 5. The molecule has 7 aromatic rings. The van der Waals surface area contributed by atoms with Gasteiger partial charge in [0.15, 0.2) is 5.43 Å². The van der Waals surface area contributed by atoms with E-state index in [0.717, 1.165) is 66.5 Å². The van der Waals surface area contributed by atoms with Crippen LogP contribution in [0, 0.1) is 0 Å². The summed E-state index contributed by atoms with van der Waals surface area (Å²) in [7, 11) is 0. The van der Waals surface area contributed by atoms with Gasteiger partial charge < -0.3 is 13.9 Å². The van der Waals surface area contributed by atoms with E-state index in [4.69, 9.17) is 4.42 Å². The fraction of sp³-hybridized carbons (Fsp3) is 0. The van der Waals surface area contributed by atoms with Crippen LogP contribution >= 0.6 is 0 Å². The summed E-state index contributed by atoms with van der Waals surface area (Å²) in [6.45, 7) is 0. The van der Waals surface area contributed by atoms with E-state index in [0.29, 0.717) is 0 Å². The molecule has 0 bridgehead atoms. The molecule has 0 fully saturated rings. The van der Waals surface area contributed by atoms with Crippen molar-refractivity contribution in [1.29, 1.82) is 0 Å². The number of rotatable bonds is 1. The Morgan fingerprint density at radius 1 is 0.543 bits per heavy atom. The van der Waals surface area contributed by atoms with Crippen LogP contribution in [-0.4, -0.2) is 4.57 Å². The molecular formula is C31H18N2O2. The minimum Gasteiger partial charge on any atom is -0.456 e. The van der Waals surface area contributed by atoms with Gasteiger partial charge in [0.05, 0.1) is 28.1 Å². The molecular weight excluding hydrogens is 432 g/mol. The van der Waals surface area contributed by atoms with E-state index in [9.17, 15) is 4.79 Å². The summed E-state index contributed by atoms with van der Waals surface area (Å²) in [5, 5.41) is 3.61. The van der Waals surface area contributed by atoms with Crippen LogP contribution in [-0.2, 0) is 0 Å². The van der Waals surface area contributed by atoms with Crippen LogP contribution in [0.4, 0.5) is 17.1 Å². The number of nitrogens with zero attached hydrogens (tertiary/aromatic N) is 2. The Balaban J connectivity index is 1.53. The Bertz CT molecular complexity index is 2050. The van der Waals surface area contributed by atoms with Crippen molar-refractivity contribution >= 4 is 60.8 Å². The Morgan fingerprint density at radius 2 is 1.23 bits per heavy atom. The smallest absolute Gasteiger partial charge is 0.197 e. The second-order valence-corrected chi connectivity index (χ2v) is 8.96. The molecule has 4 heteroatoms. The van der Waals surface area contributed by atoms with Gasteiger partial charge in [-0.1, -0.05) is 48.5 Å². The predicted octanol–water partition coefficient (Wildman–Crippen LogP) is 7.83. The fourth-order valence-electron chi connectivity index (χ4n) is 5.61. The average molecular weight is 450 g/mol. The summed E-state index contributed by atoms with van der Waals surface area (Å²) in [5.74, 6) is 0. The van der Waals surface area contributed by atoms with Gasteiger partial charge in [-0.2, -0.15) is 0 Å². The minimum atomic E-state index is 0.0595. The normalized spacial score (nSPS) is 12.6. The zero-order valence-corrected chi connectivity index (χ0v) is 18.6. The van der Waals surface area contributed by atoms with Gasteiger partial charge in [-0.05, 0) is 60.7 Å². The summed E-state index contributed by atoms with van der Waals surface area (Å²) in [5.41, 5.74) is 7.76. The van der Waals surface area contributed by atoms with Crippen LogP contribution in [0.2, 0.25) is 0 Å². The van der Waals surface area contributed by atoms with Crippen molar-refractivity contribution in [1.82, 2.24) is 4.57 Å². The molecule has 4 nitrogen and oxygen atoms in total. The van der Waals surface area contributed by atoms with E-state index < -0.39 is 0 Å². The highest BCUT2D eigenvalue weighted by atomic mass is 16.3. The molecule has 0 unspecified atom stereocenters. The highest BCUT2D eigenvalue weighted by Crippen LogP contribution is 2.47. The van der Waals surface area contributed by atoms with Gasteiger partial charge in [-0.15, -0.1) is 0 Å². The standard InChI is InChI=1S/C31H18N2O2/c34-31-21-9-1-3-11-24(21)33-26-13-5-4-12-25(26)32(27-14-7-10-22(31)30(27)33)19-16-17-29-23(18-19)20-8-2-6-15-28(20)35-29/h1-18H. The number of hydrogen-bond donors (Lipinski definition) is 0. The highest BCUT2D eigenvalue weighted by molar-refractivity contribution is 6.10. The number of fused-ring (bicyclic) bond motifs is 7. The molecule has 164 valence electrons. The van der Waals surface area contributed by atoms with E-state index in [-0.39, 0.29) is 5.43 Å². The van der Waals surface area contributed by atoms with Crippen LogP contribution in [0.25, 0.3) is 49.4 Å². The monoisotopic (exact) mass is 450 g/mol. The highest BCUT2D eigenvalue weighted by Gasteiger charge is 2.28. The van der Waals surface area contributed by atoms with Gasteiger partial charge in [-0.25, -0.2) is 0 Å². The lowest BCUT2D eigenvalue weighted by molar-refractivity contribution is 0.669. The molecule has 1 aliphatic rings. The van der Waals surface area contributed by atoms with Crippen LogP contribution in [0.1, 0.15) is 0 Å². The Morgan fingerprint density at radius 3 is 2.14 bits per heavy atom. The topological polar surface area (TPSA) is 38.4 Å². The lowest BCUT2D eigenvalue weighted by Gasteiger charge is -2.34. The van der Waals surface area contributed by atoms with E-state index in [2.05, 4.69) is 58.0 Å². The number of hydrogen-bond acceptors (Lipinski definition) is 3. The molecule has 0 atom stereocenters. The Labute approximate surface area is 199 Å². The van der Waals surface area contributed by atoms with E-state index in [1.165, 1.54) is 0 Å². The molecule has 35 heavy (non-hydrogen) atoms. The summed E-state index contributed by atoms with van der Waals surface area (Å²) in [6, 6.07) is 36.7. The Hall–Kier alpha value is -4.83. The van der Waals surface area contributed by atoms with Gasteiger partial charge in [0.2, 0.25) is 0 Å². The summed E-state index contributed by atoms with van der Waals surface area (Å²) < 4.78 is 8.31. The lowest BCUT2D eigenvalue weighted by atomic mass is 10.0. The molecule has 0 amide bonds. The predicted molar refractivity (Wildman–Crippen MR) is 143 cm³/mol. The Kier molecular flexibility index (Phi) is 3.51. The van der Waals surface area contributed by atoms with Crippen molar-refractivity contribution in [3.63, 3.8) is 0 Å². The maximum atomic E-state index is 13.5. The van der Waals surface area contributed by atoms with Crippen LogP contribution in [0.15, 0.2) is 118 Å². The van der Waals surface area contributed by atoms with Crippen molar-refractivity contribution in [2.75, 3.05) is 4.90 Å². The number of furan rings is 1. The molecule has 2 aromatic heterocycles. The average Bonchev–Trinajstić information content (AvgIpc) is 3.29. The summed E-state index contributed by atoms with van der Waals surface area (Å²) in [4.78, 5) is 15.8. The molecule has 0 saturated heterocycles. The van der Waals surface area contributed by atoms with Gasteiger partial charge >= 0.3 is 0 Å². The van der Waals surface area contributed by atoms with E-state index in [1.807, 2.05) is 60.7 Å². The van der Waals surface area contributed by atoms with Crippen molar-refractivity contribution in [3.05, 3.63) is 119 Å². The van der Waals surface area contributed by atoms with Crippen molar-refractivity contribution < 1.29 is 4.42 Å². The summed E-state index contributed by atoms with van der Waals surface area (Å²) >= 11 is 0. The van der Waals surface area contributed by atoms with Gasteiger partial charge in [-0.3, -0.25) is 4.79 Å². The first-order valence-electron chi connectivity index (χ1n) is 11.7. The van der Waals surface area contributed by atoms with Gasteiger partial charge in [0, 0.05) is 27.2 Å². The third-order valence-corrected chi connectivity index (χ3v) is 7.10. The zero-order valence-electron chi connectivity index (χ0n) is 18.6. The maximum absolute atomic E-state index is 13.5. The third kappa shape index (κ3) is 2.38. The SMILES string of the molecule is O=c1c2ccccc2n2c3c(cccc13)N(c1ccc3oc4ccccc4c3c1)c1ccccc1-2. The number of anilines is 3. The first kappa shape index (κ1) is 18.6. The molecule has 5 aromatic carbocycles. The second-order valence-electron chi connectivity index (χ2n) is 8.96. The van der Waals surface area contributed by atoms with Crippen LogP contribution < -0.4 is 10.3 Å². The lowest BCUT2D eigenvalue weighted by Crippen LogP contribution is -2.22. The van der Waals surface area contributed by atoms with Gasteiger partial charge in [0.25, 0.3) is 0 Å². The van der Waals surface area contributed by atoms with Crippen LogP contribution in [0.5, 0.6) is 0 Å². The molecule has 0 aliphatic carbocycles. The zero-order chi connectivity index (χ0) is 23.1. The molecule has 1 aliphatic heterocycles. The molecule has 0 saturated carbocycles. The molecule has 3 heterocycles. The maximum Gasteiger partial charge on any atom is 0.197 e. The number of pyridine rings is 1. The fourth-order valence-corrected chi connectivity index (χ4v) is 5.61. The second kappa shape index (κ2) is 6.61. The third-order valence-electron chi connectivity index (χ3n) is 7.10. The van der Waals surface area contributed by atoms with Crippen molar-refractivity contribution in [2.24, 2.45) is 0 Å². The molecule has 0 spiro atoms. The largest absolute Gasteiger partial charge is 0.456 e. The first-order valence-corrected chi connectivity index (χ1v) is 11.7.